The Hall–Kier alpha value is -1.85. The summed E-state index contributed by atoms with van der Waals surface area (Å²) in [5.41, 5.74) is 7.52. The second kappa shape index (κ2) is 4.68. The van der Waals surface area contributed by atoms with Gasteiger partial charge in [-0.25, -0.2) is 9.37 Å². The van der Waals surface area contributed by atoms with Crippen LogP contribution in [0.1, 0.15) is 0 Å². The molecule has 3 N–H and O–H groups in total. The Balaban J connectivity index is 1.98. The molecule has 0 aliphatic rings. The minimum Gasteiger partial charge on any atom is -0.399 e. The Bertz CT molecular complexity index is 757. The van der Waals surface area contributed by atoms with E-state index in [1.807, 2.05) is 12.1 Å². The largest absolute Gasteiger partial charge is 0.399 e. The van der Waals surface area contributed by atoms with E-state index in [4.69, 9.17) is 17.3 Å². The summed E-state index contributed by atoms with van der Waals surface area (Å²) in [5.74, 6) is -0.372. The van der Waals surface area contributed by atoms with Crippen LogP contribution in [0.15, 0.2) is 36.4 Å². The van der Waals surface area contributed by atoms with E-state index < -0.39 is 0 Å². The topological polar surface area (TPSA) is 50.9 Å². The van der Waals surface area contributed by atoms with E-state index >= 15 is 0 Å². The lowest BCUT2D eigenvalue weighted by molar-refractivity contribution is 0.632. The van der Waals surface area contributed by atoms with Gasteiger partial charge < -0.3 is 11.1 Å². The molecule has 0 bridgehead atoms. The standard InChI is InChI=1S/C13H9ClFN3S/c14-7-1-3-9(15)11(5-7)18-13-17-10-4-2-8(16)6-12(10)19-13/h1-6H,16H2,(H,17,18). The number of nitrogen functional groups attached to an aromatic ring is 1. The van der Waals surface area contributed by atoms with Crippen molar-refractivity contribution < 1.29 is 4.39 Å². The average molecular weight is 294 g/mol. The Labute approximate surface area is 117 Å². The summed E-state index contributed by atoms with van der Waals surface area (Å²) in [5, 5.41) is 3.99. The van der Waals surface area contributed by atoms with Crippen LogP contribution in [0.25, 0.3) is 10.2 Å². The first kappa shape index (κ1) is 12.2. The molecule has 0 saturated heterocycles. The predicted octanol–water partition coefficient (Wildman–Crippen LogP) is 4.41. The summed E-state index contributed by atoms with van der Waals surface area (Å²) in [6.45, 7) is 0. The summed E-state index contributed by atoms with van der Waals surface area (Å²) in [7, 11) is 0. The van der Waals surface area contributed by atoms with Gasteiger partial charge in [0.25, 0.3) is 0 Å². The number of hydrogen-bond donors (Lipinski definition) is 2. The maximum Gasteiger partial charge on any atom is 0.188 e. The van der Waals surface area contributed by atoms with Gasteiger partial charge in [0.2, 0.25) is 0 Å². The van der Waals surface area contributed by atoms with Crippen molar-refractivity contribution in [3.05, 3.63) is 47.2 Å². The molecule has 0 unspecified atom stereocenters. The van der Waals surface area contributed by atoms with Gasteiger partial charge in [0.1, 0.15) is 5.82 Å². The maximum absolute atomic E-state index is 13.6. The minimum atomic E-state index is -0.372. The molecule has 6 heteroatoms. The van der Waals surface area contributed by atoms with E-state index in [1.54, 1.807) is 6.07 Å². The fourth-order valence-electron chi connectivity index (χ4n) is 1.70. The predicted molar refractivity (Wildman–Crippen MR) is 78.7 cm³/mol. The number of thiazole rings is 1. The van der Waals surface area contributed by atoms with Crippen LogP contribution in [-0.2, 0) is 0 Å². The van der Waals surface area contributed by atoms with Crippen molar-refractivity contribution in [3.8, 4) is 0 Å². The zero-order chi connectivity index (χ0) is 13.4. The number of nitrogens with two attached hydrogens (primary N) is 1. The van der Waals surface area contributed by atoms with Gasteiger partial charge in [-0.1, -0.05) is 22.9 Å². The molecule has 0 aliphatic heterocycles. The van der Waals surface area contributed by atoms with Crippen molar-refractivity contribution in [1.29, 1.82) is 0 Å². The lowest BCUT2D eigenvalue weighted by atomic mass is 10.3. The van der Waals surface area contributed by atoms with Gasteiger partial charge in [-0.3, -0.25) is 0 Å². The van der Waals surface area contributed by atoms with E-state index in [0.717, 1.165) is 10.2 Å². The van der Waals surface area contributed by atoms with E-state index in [2.05, 4.69) is 10.3 Å². The number of aromatic nitrogens is 1. The first-order valence-electron chi connectivity index (χ1n) is 5.50. The molecule has 1 heterocycles. The van der Waals surface area contributed by atoms with Gasteiger partial charge in [-0.2, -0.15) is 0 Å². The van der Waals surface area contributed by atoms with E-state index in [0.29, 0.717) is 21.5 Å². The van der Waals surface area contributed by atoms with Crippen LogP contribution >= 0.6 is 22.9 Å². The zero-order valence-electron chi connectivity index (χ0n) is 9.65. The molecule has 0 atom stereocenters. The van der Waals surface area contributed by atoms with Crippen LogP contribution in [0.3, 0.4) is 0 Å². The van der Waals surface area contributed by atoms with Gasteiger partial charge in [0, 0.05) is 10.7 Å². The molecule has 19 heavy (non-hydrogen) atoms. The molecule has 3 nitrogen and oxygen atoms in total. The van der Waals surface area contributed by atoms with E-state index in [-0.39, 0.29) is 5.82 Å². The van der Waals surface area contributed by atoms with Crippen molar-refractivity contribution in [2.75, 3.05) is 11.1 Å². The third kappa shape index (κ3) is 2.47. The molecule has 96 valence electrons. The SMILES string of the molecule is Nc1ccc2nc(Nc3cc(Cl)ccc3F)sc2c1. The van der Waals surface area contributed by atoms with Crippen molar-refractivity contribution >= 4 is 49.7 Å². The Morgan fingerprint density at radius 2 is 2.05 bits per heavy atom. The number of hydrogen-bond acceptors (Lipinski definition) is 4. The smallest absolute Gasteiger partial charge is 0.188 e. The first-order valence-corrected chi connectivity index (χ1v) is 6.69. The molecule has 3 aromatic rings. The Kier molecular flexibility index (Phi) is 3.00. The van der Waals surface area contributed by atoms with Crippen molar-refractivity contribution in [1.82, 2.24) is 4.98 Å². The number of halogens is 2. The highest BCUT2D eigenvalue weighted by Crippen LogP contribution is 2.31. The number of anilines is 3. The van der Waals surface area contributed by atoms with Crippen molar-refractivity contribution in [3.63, 3.8) is 0 Å². The Morgan fingerprint density at radius 1 is 1.21 bits per heavy atom. The summed E-state index contributed by atoms with van der Waals surface area (Å²) in [4.78, 5) is 4.36. The van der Waals surface area contributed by atoms with Crippen LogP contribution in [-0.4, -0.2) is 4.98 Å². The summed E-state index contributed by atoms with van der Waals surface area (Å²) in [6.07, 6.45) is 0. The zero-order valence-corrected chi connectivity index (χ0v) is 11.2. The molecule has 1 aromatic heterocycles. The van der Waals surface area contributed by atoms with Crippen LogP contribution < -0.4 is 11.1 Å². The average Bonchev–Trinajstić information content (AvgIpc) is 2.75. The van der Waals surface area contributed by atoms with Crippen LogP contribution in [0.4, 0.5) is 20.9 Å². The number of benzene rings is 2. The van der Waals surface area contributed by atoms with Crippen LogP contribution in [0, 0.1) is 5.82 Å². The van der Waals surface area contributed by atoms with Crippen molar-refractivity contribution in [2.45, 2.75) is 0 Å². The monoisotopic (exact) mass is 293 g/mol. The highest BCUT2D eigenvalue weighted by atomic mass is 35.5. The molecule has 0 radical (unpaired) electrons. The fourth-order valence-corrected chi connectivity index (χ4v) is 2.80. The summed E-state index contributed by atoms with van der Waals surface area (Å²) < 4.78 is 14.6. The van der Waals surface area contributed by atoms with Gasteiger partial charge in [-0.15, -0.1) is 0 Å². The third-order valence-electron chi connectivity index (χ3n) is 2.58. The molecule has 0 spiro atoms. The van der Waals surface area contributed by atoms with E-state index in [9.17, 15) is 4.39 Å². The summed E-state index contributed by atoms with van der Waals surface area (Å²) in [6, 6.07) is 9.80. The van der Waals surface area contributed by atoms with Gasteiger partial charge in [0.15, 0.2) is 5.13 Å². The molecule has 2 aromatic carbocycles. The molecule has 0 aliphatic carbocycles. The summed E-state index contributed by atoms with van der Waals surface area (Å²) >= 11 is 7.25. The maximum atomic E-state index is 13.6. The lowest BCUT2D eigenvalue weighted by Crippen LogP contribution is -1.92. The molecule has 0 amide bonds. The van der Waals surface area contributed by atoms with Crippen molar-refractivity contribution in [2.24, 2.45) is 0 Å². The molecule has 0 fully saturated rings. The highest BCUT2D eigenvalue weighted by Gasteiger charge is 2.08. The Morgan fingerprint density at radius 3 is 2.89 bits per heavy atom. The third-order valence-corrected chi connectivity index (χ3v) is 3.75. The van der Waals surface area contributed by atoms with Crippen LogP contribution in [0.5, 0.6) is 0 Å². The van der Waals surface area contributed by atoms with E-state index in [1.165, 1.54) is 29.5 Å². The lowest BCUT2D eigenvalue weighted by Gasteiger charge is -2.03. The molecule has 0 saturated carbocycles. The highest BCUT2D eigenvalue weighted by molar-refractivity contribution is 7.22. The van der Waals surface area contributed by atoms with Gasteiger partial charge in [0.05, 0.1) is 15.9 Å². The molecule has 3 rings (SSSR count). The minimum absolute atomic E-state index is 0.305. The van der Waals surface area contributed by atoms with Gasteiger partial charge in [-0.05, 0) is 36.4 Å². The first-order chi connectivity index (χ1) is 9.11. The second-order valence-electron chi connectivity index (χ2n) is 4.00. The molecular formula is C13H9ClFN3S. The quantitative estimate of drug-likeness (QED) is 0.688. The normalized spacial score (nSPS) is 10.8. The fraction of sp³-hybridized carbons (Fsp3) is 0. The van der Waals surface area contributed by atoms with Gasteiger partial charge >= 0.3 is 0 Å². The second-order valence-corrected chi connectivity index (χ2v) is 5.46. The number of fused-ring (bicyclic) bond motifs is 1. The number of rotatable bonds is 2. The van der Waals surface area contributed by atoms with Crippen LogP contribution in [0.2, 0.25) is 5.02 Å². The molecular weight excluding hydrogens is 285 g/mol. The number of nitrogens with one attached hydrogen (secondary N) is 1. The number of nitrogens with zero attached hydrogens (tertiary/aromatic N) is 1.